The van der Waals surface area contributed by atoms with Crippen LogP contribution in [0.15, 0.2) is 24.4 Å². The number of aromatic nitrogens is 1. The number of nitrogens with zero attached hydrogens (tertiary/aromatic N) is 1. The van der Waals surface area contributed by atoms with Gasteiger partial charge in [-0.1, -0.05) is 13.0 Å². The van der Waals surface area contributed by atoms with Crippen LogP contribution in [0.25, 0.3) is 10.6 Å². The van der Waals surface area contributed by atoms with E-state index in [2.05, 4.69) is 17.2 Å². The van der Waals surface area contributed by atoms with E-state index >= 15 is 0 Å². The van der Waals surface area contributed by atoms with Crippen molar-refractivity contribution >= 4 is 23.0 Å². The van der Waals surface area contributed by atoms with Gasteiger partial charge in [0.05, 0.1) is 12.2 Å². The van der Waals surface area contributed by atoms with E-state index in [1.165, 1.54) is 18.3 Å². The summed E-state index contributed by atoms with van der Waals surface area (Å²) in [6.07, 6.45) is 1.77. The number of nitrogens with one attached hydrogen (secondary N) is 1. The van der Waals surface area contributed by atoms with E-state index in [4.69, 9.17) is 0 Å². The lowest BCUT2D eigenvalue weighted by molar-refractivity contribution is -0.120. The zero-order valence-corrected chi connectivity index (χ0v) is 16.1. The van der Waals surface area contributed by atoms with Crippen molar-refractivity contribution in [3.05, 3.63) is 40.4 Å². The Bertz CT molecular complexity index is 850. The minimum atomic E-state index is -2.56. The Morgan fingerprint density at radius 2 is 2.04 bits per heavy atom. The van der Waals surface area contributed by atoms with Crippen LogP contribution in [-0.4, -0.2) is 22.7 Å². The molecule has 27 heavy (non-hydrogen) atoms. The summed E-state index contributed by atoms with van der Waals surface area (Å²) in [6.45, 7) is 3.86. The molecule has 3 rings (SSSR count). The standard InChI is InChI=1S/C20H22F2N2O2S/c1-11-3-5-15(16(25)6-4-11)24-19(26)17-10-23-20(27-17)14-8-12(2)7-13(9-14)18(21)22/h7-11,15,18H,3-6H2,1-2H3,(H,24,26). The molecule has 1 saturated carbocycles. The number of carbonyl (C=O) groups excluding carboxylic acids is 2. The second kappa shape index (κ2) is 8.25. The third-order valence-electron chi connectivity index (χ3n) is 4.85. The molecule has 1 aromatic carbocycles. The zero-order chi connectivity index (χ0) is 19.6. The highest BCUT2D eigenvalue weighted by molar-refractivity contribution is 7.16. The predicted molar refractivity (Wildman–Crippen MR) is 101 cm³/mol. The topological polar surface area (TPSA) is 59.1 Å². The van der Waals surface area contributed by atoms with Gasteiger partial charge in [0.1, 0.15) is 9.88 Å². The molecule has 2 unspecified atom stereocenters. The lowest BCUT2D eigenvalue weighted by atomic mass is 10.0. The average molecular weight is 392 g/mol. The molecule has 1 fully saturated rings. The van der Waals surface area contributed by atoms with Crippen molar-refractivity contribution in [1.82, 2.24) is 10.3 Å². The van der Waals surface area contributed by atoms with Gasteiger partial charge < -0.3 is 5.32 Å². The Labute approximate surface area is 161 Å². The summed E-state index contributed by atoms with van der Waals surface area (Å²) in [7, 11) is 0. The zero-order valence-electron chi connectivity index (χ0n) is 15.3. The van der Waals surface area contributed by atoms with Crippen LogP contribution < -0.4 is 5.32 Å². The number of Topliss-reactive ketones (excluding diaryl/α,β-unsaturated/α-hetero) is 1. The molecule has 0 saturated heterocycles. The third kappa shape index (κ3) is 4.77. The number of ketones is 1. The molecular weight excluding hydrogens is 370 g/mol. The van der Waals surface area contributed by atoms with Gasteiger partial charge in [-0.25, -0.2) is 13.8 Å². The molecule has 1 aliphatic carbocycles. The van der Waals surface area contributed by atoms with E-state index < -0.39 is 12.5 Å². The van der Waals surface area contributed by atoms with E-state index in [9.17, 15) is 18.4 Å². The lowest BCUT2D eigenvalue weighted by Crippen LogP contribution is -2.39. The minimum absolute atomic E-state index is 0.0654. The van der Waals surface area contributed by atoms with Crippen molar-refractivity contribution in [2.24, 2.45) is 5.92 Å². The van der Waals surface area contributed by atoms with Crippen LogP contribution in [0.1, 0.15) is 59.8 Å². The van der Waals surface area contributed by atoms with Gasteiger partial charge in [0.15, 0.2) is 5.78 Å². The summed E-state index contributed by atoms with van der Waals surface area (Å²) < 4.78 is 26.0. The third-order valence-corrected chi connectivity index (χ3v) is 5.90. The number of rotatable bonds is 4. The molecule has 2 aromatic rings. The molecule has 1 aliphatic rings. The number of hydrogen-bond donors (Lipinski definition) is 1. The molecule has 4 nitrogen and oxygen atoms in total. The van der Waals surface area contributed by atoms with Crippen LogP contribution >= 0.6 is 11.3 Å². The van der Waals surface area contributed by atoms with Crippen LogP contribution in [0, 0.1) is 12.8 Å². The van der Waals surface area contributed by atoms with Crippen molar-refractivity contribution in [3.63, 3.8) is 0 Å². The monoisotopic (exact) mass is 392 g/mol. The molecule has 0 radical (unpaired) electrons. The van der Waals surface area contributed by atoms with Gasteiger partial charge in [0.2, 0.25) is 0 Å². The van der Waals surface area contributed by atoms with Crippen molar-refractivity contribution in [3.8, 4) is 10.6 Å². The van der Waals surface area contributed by atoms with Crippen LogP contribution in [0.2, 0.25) is 0 Å². The van der Waals surface area contributed by atoms with E-state index in [1.54, 1.807) is 13.0 Å². The quantitative estimate of drug-likeness (QED) is 0.750. The van der Waals surface area contributed by atoms with Crippen molar-refractivity contribution in [2.75, 3.05) is 0 Å². The van der Waals surface area contributed by atoms with Gasteiger partial charge >= 0.3 is 0 Å². The number of benzene rings is 1. The summed E-state index contributed by atoms with van der Waals surface area (Å²) in [6, 6.07) is 4.14. The van der Waals surface area contributed by atoms with Crippen LogP contribution in [0.3, 0.4) is 0 Å². The second-order valence-electron chi connectivity index (χ2n) is 7.18. The Morgan fingerprint density at radius 1 is 1.26 bits per heavy atom. The van der Waals surface area contributed by atoms with Crippen molar-refractivity contribution < 1.29 is 18.4 Å². The van der Waals surface area contributed by atoms with Crippen LogP contribution in [0.5, 0.6) is 0 Å². The molecule has 7 heteroatoms. The molecule has 1 aromatic heterocycles. The Morgan fingerprint density at radius 3 is 2.78 bits per heavy atom. The van der Waals surface area contributed by atoms with Gasteiger partial charge in [0, 0.05) is 17.5 Å². The number of aryl methyl sites for hydroxylation is 1. The highest BCUT2D eigenvalue weighted by atomic mass is 32.1. The fraction of sp³-hybridized carbons (Fsp3) is 0.450. The molecule has 0 aliphatic heterocycles. The van der Waals surface area contributed by atoms with Gasteiger partial charge in [-0.3, -0.25) is 9.59 Å². The van der Waals surface area contributed by atoms with Crippen molar-refractivity contribution in [1.29, 1.82) is 0 Å². The number of alkyl halides is 2. The number of amides is 1. The van der Waals surface area contributed by atoms with Crippen LogP contribution in [0.4, 0.5) is 8.78 Å². The van der Waals surface area contributed by atoms with Crippen LogP contribution in [-0.2, 0) is 4.79 Å². The summed E-state index contributed by atoms with van der Waals surface area (Å²) in [5.41, 5.74) is 1.21. The molecule has 2 atom stereocenters. The van der Waals surface area contributed by atoms with E-state index in [0.717, 1.165) is 24.2 Å². The maximum Gasteiger partial charge on any atom is 0.263 e. The summed E-state index contributed by atoms with van der Waals surface area (Å²) in [5, 5.41) is 3.32. The first-order chi connectivity index (χ1) is 12.8. The van der Waals surface area contributed by atoms with Crippen molar-refractivity contribution in [2.45, 2.75) is 52.0 Å². The average Bonchev–Trinajstić information content (AvgIpc) is 3.07. The first-order valence-corrected chi connectivity index (χ1v) is 9.84. The van der Waals surface area contributed by atoms with Gasteiger partial charge in [-0.2, -0.15) is 0 Å². The highest BCUT2D eigenvalue weighted by Crippen LogP contribution is 2.30. The summed E-state index contributed by atoms with van der Waals surface area (Å²) in [4.78, 5) is 29.3. The van der Waals surface area contributed by atoms with Gasteiger partial charge in [-0.15, -0.1) is 11.3 Å². The number of carbonyl (C=O) groups is 2. The molecule has 1 amide bonds. The SMILES string of the molecule is Cc1cc(-c2ncc(C(=O)NC3CCC(C)CCC3=O)s2)cc(C(F)F)c1. The predicted octanol–water partition coefficient (Wildman–Crippen LogP) is 4.93. The fourth-order valence-electron chi connectivity index (χ4n) is 3.28. The molecule has 0 spiro atoms. The largest absolute Gasteiger partial charge is 0.341 e. The summed E-state index contributed by atoms with van der Waals surface area (Å²) >= 11 is 1.14. The minimum Gasteiger partial charge on any atom is -0.341 e. The molecule has 1 heterocycles. The van der Waals surface area contributed by atoms with Gasteiger partial charge in [-0.05, 0) is 49.8 Å². The molecule has 0 bridgehead atoms. The first kappa shape index (κ1) is 19.6. The maximum atomic E-state index is 13.0. The molecular formula is C20H22F2N2O2S. The number of thiazole rings is 1. The normalized spacial score (nSPS) is 20.6. The first-order valence-electron chi connectivity index (χ1n) is 9.03. The Balaban J connectivity index is 1.75. The smallest absolute Gasteiger partial charge is 0.263 e. The fourth-order valence-corrected chi connectivity index (χ4v) is 4.08. The Kier molecular flexibility index (Phi) is 5.99. The molecule has 144 valence electrons. The number of hydrogen-bond acceptors (Lipinski definition) is 4. The second-order valence-corrected chi connectivity index (χ2v) is 8.21. The highest BCUT2D eigenvalue weighted by Gasteiger charge is 2.26. The summed E-state index contributed by atoms with van der Waals surface area (Å²) in [5.74, 6) is 0.210. The van der Waals surface area contributed by atoms with E-state index in [-0.39, 0.29) is 17.3 Å². The van der Waals surface area contributed by atoms with E-state index in [0.29, 0.717) is 39.8 Å². The maximum absolute atomic E-state index is 13.0. The van der Waals surface area contributed by atoms with Gasteiger partial charge in [0.25, 0.3) is 12.3 Å². The van der Waals surface area contributed by atoms with E-state index in [1.807, 2.05) is 0 Å². The molecule has 1 N–H and O–H groups in total. The Hall–Kier alpha value is -2.15. The lowest BCUT2D eigenvalue weighted by Gasteiger charge is -2.14. The number of halogens is 2.